The van der Waals surface area contributed by atoms with Gasteiger partial charge in [-0.15, -0.1) is 0 Å². The van der Waals surface area contributed by atoms with Gasteiger partial charge in [0.2, 0.25) is 11.7 Å². The number of aliphatic hydroxyl groups is 1. The van der Waals surface area contributed by atoms with E-state index >= 15 is 0 Å². The molecule has 0 bridgehead atoms. The van der Waals surface area contributed by atoms with E-state index in [4.69, 9.17) is 9.26 Å². The molecular weight excluding hydrogens is 246 g/mol. The standard InChI is InChI=1S/C13H15N3O3/c1-18-11-5-3-2-4-9(11)12-15-13(19-16-12)10-6-8(17)7-14-10/h2-5,8,10,14,17H,6-7H2,1H3/t8-,10-/m1/s1. The number of hydrogen-bond acceptors (Lipinski definition) is 6. The van der Waals surface area contributed by atoms with Gasteiger partial charge in [-0.25, -0.2) is 0 Å². The molecule has 2 N–H and O–H groups in total. The number of hydrogen-bond donors (Lipinski definition) is 2. The highest BCUT2D eigenvalue weighted by Crippen LogP contribution is 2.29. The highest BCUT2D eigenvalue weighted by molar-refractivity contribution is 5.63. The first-order valence-corrected chi connectivity index (χ1v) is 6.16. The zero-order chi connectivity index (χ0) is 13.2. The predicted molar refractivity (Wildman–Crippen MR) is 67.7 cm³/mol. The molecule has 0 unspecified atom stereocenters. The van der Waals surface area contributed by atoms with Gasteiger partial charge in [-0.05, 0) is 18.6 Å². The van der Waals surface area contributed by atoms with Crippen LogP contribution in [0.3, 0.4) is 0 Å². The van der Waals surface area contributed by atoms with Crippen molar-refractivity contribution in [3.8, 4) is 17.1 Å². The average molecular weight is 261 g/mol. The van der Waals surface area contributed by atoms with E-state index < -0.39 is 0 Å². The van der Waals surface area contributed by atoms with Crippen molar-refractivity contribution in [1.82, 2.24) is 15.5 Å². The van der Waals surface area contributed by atoms with Crippen LogP contribution in [0.2, 0.25) is 0 Å². The first-order chi connectivity index (χ1) is 9.28. The van der Waals surface area contributed by atoms with Crippen molar-refractivity contribution in [2.45, 2.75) is 18.6 Å². The van der Waals surface area contributed by atoms with E-state index in [9.17, 15) is 5.11 Å². The lowest BCUT2D eigenvalue weighted by atomic mass is 10.2. The van der Waals surface area contributed by atoms with Gasteiger partial charge in [0.1, 0.15) is 5.75 Å². The molecule has 1 aromatic carbocycles. The molecule has 1 aromatic heterocycles. The van der Waals surface area contributed by atoms with Gasteiger partial charge in [-0.2, -0.15) is 4.98 Å². The van der Waals surface area contributed by atoms with E-state index in [1.807, 2.05) is 24.3 Å². The monoisotopic (exact) mass is 261 g/mol. The third-order valence-electron chi connectivity index (χ3n) is 3.20. The Labute approximate surface area is 110 Å². The largest absolute Gasteiger partial charge is 0.496 e. The summed E-state index contributed by atoms with van der Waals surface area (Å²) in [4.78, 5) is 4.37. The smallest absolute Gasteiger partial charge is 0.244 e. The Morgan fingerprint density at radius 1 is 1.42 bits per heavy atom. The molecule has 2 atom stereocenters. The van der Waals surface area contributed by atoms with Gasteiger partial charge in [0.05, 0.1) is 24.8 Å². The van der Waals surface area contributed by atoms with Crippen molar-refractivity contribution in [3.05, 3.63) is 30.2 Å². The molecule has 19 heavy (non-hydrogen) atoms. The topological polar surface area (TPSA) is 80.4 Å². The van der Waals surface area contributed by atoms with E-state index in [2.05, 4.69) is 15.5 Å². The van der Waals surface area contributed by atoms with Crippen LogP contribution in [0.15, 0.2) is 28.8 Å². The van der Waals surface area contributed by atoms with Gasteiger partial charge < -0.3 is 19.7 Å². The molecular formula is C13H15N3O3. The molecule has 1 aliphatic rings. The van der Waals surface area contributed by atoms with Gasteiger partial charge in [-0.1, -0.05) is 17.3 Å². The van der Waals surface area contributed by atoms with Crippen LogP contribution in [0.25, 0.3) is 11.4 Å². The Morgan fingerprint density at radius 2 is 2.26 bits per heavy atom. The van der Waals surface area contributed by atoms with Crippen molar-refractivity contribution >= 4 is 0 Å². The summed E-state index contributed by atoms with van der Waals surface area (Å²) >= 11 is 0. The number of ether oxygens (including phenoxy) is 1. The molecule has 100 valence electrons. The maximum atomic E-state index is 9.49. The van der Waals surface area contributed by atoms with E-state index in [0.29, 0.717) is 30.4 Å². The predicted octanol–water partition coefficient (Wildman–Crippen LogP) is 1.14. The zero-order valence-corrected chi connectivity index (χ0v) is 10.5. The Balaban J connectivity index is 1.88. The molecule has 0 saturated carbocycles. The molecule has 3 rings (SSSR count). The van der Waals surface area contributed by atoms with Crippen molar-refractivity contribution in [2.24, 2.45) is 0 Å². The van der Waals surface area contributed by atoms with Crippen molar-refractivity contribution in [2.75, 3.05) is 13.7 Å². The van der Waals surface area contributed by atoms with Gasteiger partial charge >= 0.3 is 0 Å². The second-order valence-electron chi connectivity index (χ2n) is 4.51. The van der Waals surface area contributed by atoms with Crippen molar-refractivity contribution < 1.29 is 14.4 Å². The maximum absolute atomic E-state index is 9.49. The maximum Gasteiger partial charge on any atom is 0.244 e. The van der Waals surface area contributed by atoms with E-state index in [1.54, 1.807) is 7.11 Å². The van der Waals surface area contributed by atoms with Gasteiger partial charge in [-0.3, -0.25) is 0 Å². The van der Waals surface area contributed by atoms with Crippen LogP contribution >= 0.6 is 0 Å². The third-order valence-corrected chi connectivity index (χ3v) is 3.20. The minimum atomic E-state index is -0.355. The molecule has 1 saturated heterocycles. The molecule has 6 heteroatoms. The summed E-state index contributed by atoms with van der Waals surface area (Å²) in [6, 6.07) is 7.43. The number of methoxy groups -OCH3 is 1. The van der Waals surface area contributed by atoms with Crippen LogP contribution in [0.5, 0.6) is 5.75 Å². The van der Waals surface area contributed by atoms with Crippen LogP contribution in [0.4, 0.5) is 0 Å². The minimum absolute atomic E-state index is 0.0778. The first-order valence-electron chi connectivity index (χ1n) is 6.16. The number of rotatable bonds is 3. The van der Waals surface area contributed by atoms with E-state index in [-0.39, 0.29) is 12.1 Å². The molecule has 2 aromatic rings. The number of benzene rings is 1. The summed E-state index contributed by atoms with van der Waals surface area (Å²) in [5.41, 5.74) is 0.790. The van der Waals surface area contributed by atoms with Crippen LogP contribution in [0, 0.1) is 0 Å². The number of aromatic nitrogens is 2. The molecule has 0 spiro atoms. The van der Waals surface area contributed by atoms with Crippen molar-refractivity contribution in [1.29, 1.82) is 0 Å². The van der Waals surface area contributed by atoms with Crippen LogP contribution in [0.1, 0.15) is 18.4 Å². The Morgan fingerprint density at radius 3 is 3.00 bits per heavy atom. The molecule has 1 aliphatic heterocycles. The lowest BCUT2D eigenvalue weighted by Gasteiger charge is -2.03. The Bertz CT molecular complexity index is 570. The van der Waals surface area contributed by atoms with Crippen LogP contribution in [-0.4, -0.2) is 35.0 Å². The lowest BCUT2D eigenvalue weighted by molar-refractivity contribution is 0.191. The summed E-state index contributed by atoms with van der Waals surface area (Å²) in [7, 11) is 1.61. The fraction of sp³-hybridized carbons (Fsp3) is 0.385. The summed E-state index contributed by atoms with van der Waals surface area (Å²) in [6.45, 7) is 0.553. The van der Waals surface area contributed by atoms with Gasteiger partial charge in [0.25, 0.3) is 0 Å². The molecule has 6 nitrogen and oxygen atoms in total. The van der Waals surface area contributed by atoms with Gasteiger partial charge in [0.15, 0.2) is 0 Å². The summed E-state index contributed by atoms with van der Waals surface area (Å²) < 4.78 is 10.5. The quantitative estimate of drug-likeness (QED) is 0.862. The molecule has 0 amide bonds. The Kier molecular flexibility index (Phi) is 3.18. The number of β-amino-alcohol motifs (C(OH)–C–C–N with tert-alkyl or cyclic N) is 1. The van der Waals surface area contributed by atoms with Gasteiger partial charge in [0, 0.05) is 6.54 Å². The second kappa shape index (κ2) is 4.99. The number of nitrogens with zero attached hydrogens (tertiary/aromatic N) is 2. The third kappa shape index (κ3) is 2.32. The van der Waals surface area contributed by atoms with E-state index in [0.717, 1.165) is 5.56 Å². The molecule has 2 heterocycles. The highest BCUT2D eigenvalue weighted by Gasteiger charge is 2.28. The summed E-state index contributed by atoms with van der Waals surface area (Å²) in [5.74, 6) is 1.70. The van der Waals surface area contributed by atoms with Crippen molar-refractivity contribution in [3.63, 3.8) is 0 Å². The first kappa shape index (κ1) is 12.1. The number of nitrogens with one attached hydrogen (secondary N) is 1. The second-order valence-corrected chi connectivity index (χ2v) is 4.51. The van der Waals surface area contributed by atoms with Crippen LogP contribution in [-0.2, 0) is 0 Å². The summed E-state index contributed by atoms with van der Waals surface area (Å²) in [5, 5.41) is 16.6. The van der Waals surface area contributed by atoms with Crippen LogP contribution < -0.4 is 10.1 Å². The fourth-order valence-electron chi connectivity index (χ4n) is 2.22. The van der Waals surface area contributed by atoms with E-state index in [1.165, 1.54) is 0 Å². The Hall–Kier alpha value is -1.92. The highest BCUT2D eigenvalue weighted by atomic mass is 16.5. The molecule has 0 aliphatic carbocycles. The SMILES string of the molecule is COc1ccccc1-c1noc([C@H]2C[C@@H](O)CN2)n1. The normalized spacial score (nSPS) is 22.6. The molecule has 1 fully saturated rings. The fourth-order valence-corrected chi connectivity index (χ4v) is 2.22. The number of aliphatic hydroxyl groups excluding tert-OH is 1. The minimum Gasteiger partial charge on any atom is -0.496 e. The number of para-hydroxylation sites is 1. The summed E-state index contributed by atoms with van der Waals surface area (Å²) in [6.07, 6.45) is 0.236. The molecule has 0 radical (unpaired) electrons. The zero-order valence-electron chi connectivity index (χ0n) is 10.5. The average Bonchev–Trinajstić information content (AvgIpc) is 3.07. The lowest BCUT2D eigenvalue weighted by Crippen LogP contribution is -2.15.